The molecule has 1 atom stereocenters. The lowest BCUT2D eigenvalue weighted by atomic mass is 9.93. The summed E-state index contributed by atoms with van der Waals surface area (Å²) >= 11 is 1.21. The van der Waals surface area contributed by atoms with E-state index in [1.54, 1.807) is 37.3 Å². The molecule has 1 aliphatic heterocycles. The van der Waals surface area contributed by atoms with E-state index in [9.17, 15) is 14.4 Å². The van der Waals surface area contributed by atoms with Crippen LogP contribution in [0.5, 0.6) is 5.75 Å². The number of carboxylic acid groups (broad SMARTS) is 1. The molecule has 0 fully saturated rings. The first-order valence-corrected chi connectivity index (χ1v) is 13.2. The number of thiazole rings is 1. The maximum absolute atomic E-state index is 13.8. The first-order valence-electron chi connectivity index (χ1n) is 12.4. The first kappa shape index (κ1) is 28.0. The molecule has 0 spiro atoms. The highest BCUT2D eigenvalue weighted by molar-refractivity contribution is 7.07. The van der Waals surface area contributed by atoms with E-state index in [0.29, 0.717) is 37.8 Å². The fraction of sp³-hybridized carbons (Fsp3) is 0.310. The number of aliphatic carboxylic acids is 1. The summed E-state index contributed by atoms with van der Waals surface area (Å²) in [4.78, 5) is 43.0. The van der Waals surface area contributed by atoms with Crippen LogP contribution in [0, 0.1) is 0 Å². The van der Waals surface area contributed by atoms with E-state index < -0.39 is 24.6 Å². The molecule has 0 aliphatic carbocycles. The highest BCUT2D eigenvalue weighted by atomic mass is 32.1. The molecule has 0 radical (unpaired) electrons. The second kappa shape index (κ2) is 12.2. The Labute approximate surface area is 229 Å². The van der Waals surface area contributed by atoms with Crippen LogP contribution in [-0.4, -0.2) is 48.5 Å². The predicted octanol–water partition coefficient (Wildman–Crippen LogP) is 3.01. The number of ether oxygens (including phenoxy) is 3. The van der Waals surface area contributed by atoms with Crippen LogP contribution in [0.15, 0.2) is 69.6 Å². The van der Waals surface area contributed by atoms with Gasteiger partial charge in [-0.15, -0.1) is 0 Å². The van der Waals surface area contributed by atoms with Gasteiger partial charge in [0.1, 0.15) is 12.4 Å². The number of fused-ring (bicyclic) bond motifs is 1. The molecule has 2 aromatic carbocycles. The molecular weight excluding hydrogens is 520 g/mol. The van der Waals surface area contributed by atoms with Crippen LogP contribution in [-0.2, 0) is 19.1 Å². The minimum Gasteiger partial charge on any atom is -0.482 e. The van der Waals surface area contributed by atoms with E-state index >= 15 is 0 Å². The Kier molecular flexibility index (Phi) is 8.78. The zero-order chi connectivity index (χ0) is 28.1. The maximum atomic E-state index is 13.8. The zero-order valence-corrected chi connectivity index (χ0v) is 23.0. The summed E-state index contributed by atoms with van der Waals surface area (Å²) in [6, 6.07) is 14.0. The van der Waals surface area contributed by atoms with Gasteiger partial charge in [-0.2, -0.15) is 0 Å². The SMILES string of the molecule is COCCOC(=O)C1=C(C)N=c2sc(=Cc3cccc(OCC(=O)O)c3)c(=O)n2C1c1ccc(C(C)C)cc1. The molecule has 4 rings (SSSR count). The molecule has 3 aromatic rings. The van der Waals surface area contributed by atoms with Gasteiger partial charge in [-0.25, -0.2) is 14.6 Å². The van der Waals surface area contributed by atoms with Crippen molar-refractivity contribution in [2.24, 2.45) is 4.99 Å². The Morgan fingerprint density at radius 1 is 1.15 bits per heavy atom. The standard InChI is InChI=1S/C29H30N2O7S/c1-17(2)20-8-10-21(11-9-20)26-25(28(35)37-13-12-36-4)18(3)30-29-31(26)27(34)23(39-29)15-19-6-5-7-22(14-19)38-16-24(32)33/h5-11,14-15,17,26H,12-13,16H2,1-4H3,(H,32,33). The van der Waals surface area contributed by atoms with Gasteiger partial charge >= 0.3 is 11.9 Å². The van der Waals surface area contributed by atoms with Crippen molar-refractivity contribution in [2.75, 3.05) is 26.9 Å². The Hall–Kier alpha value is -4.02. The molecular formula is C29H30N2O7S. The Morgan fingerprint density at radius 3 is 2.56 bits per heavy atom. The molecule has 204 valence electrons. The Morgan fingerprint density at radius 2 is 1.90 bits per heavy atom. The van der Waals surface area contributed by atoms with E-state index in [1.165, 1.54) is 23.0 Å². The molecule has 0 saturated carbocycles. The molecule has 0 amide bonds. The Balaban J connectivity index is 1.82. The number of aromatic nitrogens is 1. The van der Waals surface area contributed by atoms with Crippen molar-refractivity contribution < 1.29 is 28.9 Å². The summed E-state index contributed by atoms with van der Waals surface area (Å²) in [5, 5.41) is 8.88. The average molecular weight is 551 g/mol. The third-order valence-corrected chi connectivity index (χ3v) is 7.18. The molecule has 0 bridgehead atoms. The number of rotatable bonds is 10. The van der Waals surface area contributed by atoms with E-state index in [1.807, 2.05) is 24.3 Å². The lowest BCUT2D eigenvalue weighted by Gasteiger charge is -2.25. The number of methoxy groups -OCH3 is 1. The monoisotopic (exact) mass is 550 g/mol. The van der Waals surface area contributed by atoms with E-state index in [4.69, 9.17) is 19.3 Å². The molecule has 1 unspecified atom stereocenters. The fourth-order valence-electron chi connectivity index (χ4n) is 4.25. The van der Waals surface area contributed by atoms with Crippen LogP contribution < -0.4 is 19.6 Å². The number of carbonyl (C=O) groups excluding carboxylic acids is 1. The van der Waals surface area contributed by atoms with Gasteiger partial charge in [-0.3, -0.25) is 9.36 Å². The van der Waals surface area contributed by atoms with Crippen molar-refractivity contribution in [3.8, 4) is 5.75 Å². The minimum atomic E-state index is -1.08. The van der Waals surface area contributed by atoms with Gasteiger partial charge in [0.2, 0.25) is 0 Å². The second-order valence-corrected chi connectivity index (χ2v) is 10.3. The largest absolute Gasteiger partial charge is 0.482 e. The predicted molar refractivity (Wildman–Crippen MR) is 147 cm³/mol. The van der Waals surface area contributed by atoms with Crippen LogP contribution >= 0.6 is 11.3 Å². The maximum Gasteiger partial charge on any atom is 0.341 e. The molecule has 1 aliphatic rings. The first-order chi connectivity index (χ1) is 18.7. The minimum absolute atomic E-state index is 0.0792. The van der Waals surface area contributed by atoms with Crippen molar-refractivity contribution in [1.29, 1.82) is 0 Å². The molecule has 1 N–H and O–H groups in total. The molecule has 39 heavy (non-hydrogen) atoms. The summed E-state index contributed by atoms with van der Waals surface area (Å²) in [5.74, 6) is -0.933. The van der Waals surface area contributed by atoms with Gasteiger partial charge < -0.3 is 19.3 Å². The van der Waals surface area contributed by atoms with Gasteiger partial charge in [0, 0.05) is 7.11 Å². The number of hydrogen-bond acceptors (Lipinski definition) is 8. The molecule has 10 heteroatoms. The smallest absolute Gasteiger partial charge is 0.341 e. The topological polar surface area (TPSA) is 116 Å². The zero-order valence-electron chi connectivity index (χ0n) is 22.2. The van der Waals surface area contributed by atoms with Crippen molar-refractivity contribution in [3.63, 3.8) is 0 Å². The van der Waals surface area contributed by atoms with Crippen molar-refractivity contribution in [1.82, 2.24) is 4.57 Å². The number of esters is 1. The van der Waals surface area contributed by atoms with Crippen LogP contribution in [0.1, 0.15) is 49.4 Å². The number of nitrogens with zero attached hydrogens (tertiary/aromatic N) is 2. The van der Waals surface area contributed by atoms with E-state index in [2.05, 4.69) is 18.8 Å². The molecule has 2 heterocycles. The van der Waals surface area contributed by atoms with E-state index in [-0.39, 0.29) is 18.8 Å². The number of benzene rings is 2. The highest BCUT2D eigenvalue weighted by Gasteiger charge is 2.33. The average Bonchev–Trinajstić information content (AvgIpc) is 3.21. The number of allylic oxidation sites excluding steroid dienone is 1. The summed E-state index contributed by atoms with van der Waals surface area (Å²) in [7, 11) is 1.52. The van der Waals surface area contributed by atoms with Crippen LogP contribution in [0.25, 0.3) is 6.08 Å². The number of carbonyl (C=O) groups is 2. The third-order valence-electron chi connectivity index (χ3n) is 6.20. The van der Waals surface area contributed by atoms with Gasteiger partial charge in [0.05, 0.1) is 28.5 Å². The lowest BCUT2D eigenvalue weighted by Crippen LogP contribution is -2.40. The Bertz CT molecular complexity index is 1580. The van der Waals surface area contributed by atoms with Crippen LogP contribution in [0.2, 0.25) is 0 Å². The fourth-order valence-corrected chi connectivity index (χ4v) is 5.29. The van der Waals surface area contributed by atoms with E-state index in [0.717, 1.165) is 11.1 Å². The summed E-state index contributed by atoms with van der Waals surface area (Å²) in [5.41, 5.74) is 3.04. The highest BCUT2D eigenvalue weighted by Crippen LogP contribution is 2.31. The van der Waals surface area contributed by atoms with Crippen molar-refractivity contribution >= 4 is 29.4 Å². The summed E-state index contributed by atoms with van der Waals surface area (Å²) < 4.78 is 17.7. The summed E-state index contributed by atoms with van der Waals surface area (Å²) in [6.07, 6.45) is 1.70. The quantitative estimate of drug-likeness (QED) is 0.305. The molecule has 1 aromatic heterocycles. The van der Waals surface area contributed by atoms with Gasteiger partial charge in [-0.1, -0.05) is 61.6 Å². The lowest BCUT2D eigenvalue weighted by molar-refractivity contribution is -0.141. The van der Waals surface area contributed by atoms with Gasteiger partial charge in [-0.05, 0) is 47.7 Å². The molecule has 0 saturated heterocycles. The van der Waals surface area contributed by atoms with Crippen LogP contribution in [0.3, 0.4) is 0 Å². The normalized spacial score (nSPS) is 15.2. The van der Waals surface area contributed by atoms with Crippen molar-refractivity contribution in [2.45, 2.75) is 32.7 Å². The molecule has 9 nitrogen and oxygen atoms in total. The second-order valence-electron chi connectivity index (χ2n) is 9.29. The third kappa shape index (κ3) is 6.35. The van der Waals surface area contributed by atoms with Gasteiger partial charge in [0.15, 0.2) is 11.4 Å². The van der Waals surface area contributed by atoms with Crippen molar-refractivity contribution in [3.05, 3.63) is 96.2 Å². The summed E-state index contributed by atoms with van der Waals surface area (Å²) in [6.45, 7) is 5.80. The van der Waals surface area contributed by atoms with Crippen LogP contribution in [0.4, 0.5) is 0 Å². The number of carboxylic acids is 1. The van der Waals surface area contributed by atoms with Gasteiger partial charge in [0.25, 0.3) is 5.56 Å². The number of hydrogen-bond donors (Lipinski definition) is 1.